The van der Waals surface area contributed by atoms with Gasteiger partial charge in [-0.15, -0.1) is 0 Å². The summed E-state index contributed by atoms with van der Waals surface area (Å²) >= 11 is 3.19. The Labute approximate surface area is 166 Å². The molecule has 1 heterocycles. The first-order chi connectivity index (χ1) is 12.7. The predicted molar refractivity (Wildman–Crippen MR) is 111 cm³/mol. The molecule has 2 aromatic rings. The molecule has 1 aromatic heterocycles. The minimum absolute atomic E-state index is 0.162. The van der Waals surface area contributed by atoms with Gasteiger partial charge in [-0.05, 0) is 46.0 Å². The maximum absolute atomic E-state index is 13.5. The van der Waals surface area contributed by atoms with Crippen LogP contribution < -0.4 is 21.9 Å². The van der Waals surface area contributed by atoms with E-state index in [1.165, 1.54) is 10.6 Å². The van der Waals surface area contributed by atoms with Crippen molar-refractivity contribution in [2.24, 2.45) is 5.92 Å². The van der Waals surface area contributed by atoms with Crippen molar-refractivity contribution in [3.8, 4) is 0 Å². The molecule has 0 spiro atoms. The van der Waals surface area contributed by atoms with E-state index in [9.17, 15) is 14.0 Å². The Morgan fingerprint density at radius 1 is 1.33 bits per heavy atom. The van der Waals surface area contributed by atoms with Crippen LogP contribution in [0.4, 0.5) is 15.9 Å². The van der Waals surface area contributed by atoms with Crippen molar-refractivity contribution in [2.75, 3.05) is 17.2 Å². The molecule has 0 atom stereocenters. The zero-order chi connectivity index (χ0) is 20.1. The fourth-order valence-corrected chi connectivity index (χ4v) is 3.33. The normalized spacial score (nSPS) is 11.2. The summed E-state index contributed by atoms with van der Waals surface area (Å²) in [6, 6.07) is 4.74. The van der Waals surface area contributed by atoms with Crippen LogP contribution in [0.2, 0.25) is 0 Å². The molecule has 0 aliphatic carbocycles. The molecule has 0 radical (unpaired) electrons. The molecule has 0 aliphatic rings. The molecule has 0 bridgehead atoms. The second-order valence-electron chi connectivity index (χ2n) is 7.02. The number of nitrogens with one attached hydrogen (secondary N) is 1. The third-order valence-electron chi connectivity index (χ3n) is 4.22. The number of halogens is 2. The topological polar surface area (TPSA) is 84.1 Å². The second kappa shape index (κ2) is 9.21. The van der Waals surface area contributed by atoms with Gasteiger partial charge in [0.15, 0.2) is 0 Å². The van der Waals surface area contributed by atoms with E-state index in [1.54, 1.807) is 12.1 Å². The SMILES string of the molecule is CCCCN(Cc1ccc(F)c(Br)c1)c1c(N)n(CC(C)C)c(=O)[nH]c1=O. The number of anilines is 2. The van der Waals surface area contributed by atoms with Gasteiger partial charge >= 0.3 is 5.69 Å². The van der Waals surface area contributed by atoms with E-state index in [1.807, 2.05) is 18.7 Å². The van der Waals surface area contributed by atoms with Crippen LogP contribution in [-0.2, 0) is 13.1 Å². The first-order valence-electron chi connectivity index (χ1n) is 9.06. The number of nitrogen functional groups attached to an aromatic ring is 1. The van der Waals surface area contributed by atoms with Gasteiger partial charge in [0.2, 0.25) is 0 Å². The highest BCUT2D eigenvalue weighted by molar-refractivity contribution is 9.10. The fourth-order valence-electron chi connectivity index (χ4n) is 2.91. The van der Waals surface area contributed by atoms with Crippen LogP contribution in [-0.4, -0.2) is 16.1 Å². The van der Waals surface area contributed by atoms with Crippen molar-refractivity contribution in [1.82, 2.24) is 9.55 Å². The van der Waals surface area contributed by atoms with Crippen LogP contribution >= 0.6 is 15.9 Å². The van der Waals surface area contributed by atoms with Crippen LogP contribution in [0.15, 0.2) is 32.3 Å². The number of hydrogen-bond acceptors (Lipinski definition) is 4. The number of benzene rings is 1. The highest BCUT2D eigenvalue weighted by atomic mass is 79.9. The number of nitrogens with zero attached hydrogens (tertiary/aromatic N) is 2. The number of nitrogens with two attached hydrogens (primary N) is 1. The van der Waals surface area contributed by atoms with Gasteiger partial charge in [-0.25, -0.2) is 9.18 Å². The van der Waals surface area contributed by atoms with E-state index < -0.39 is 11.2 Å². The summed E-state index contributed by atoms with van der Waals surface area (Å²) in [5, 5.41) is 0. The quantitative estimate of drug-likeness (QED) is 0.657. The number of aromatic amines is 1. The third kappa shape index (κ3) is 5.22. The Hall–Kier alpha value is -2.09. The van der Waals surface area contributed by atoms with Crippen molar-refractivity contribution in [2.45, 2.75) is 46.7 Å². The Morgan fingerprint density at radius 2 is 2.04 bits per heavy atom. The average molecular weight is 441 g/mol. The van der Waals surface area contributed by atoms with Crippen LogP contribution in [0, 0.1) is 11.7 Å². The zero-order valence-corrected chi connectivity index (χ0v) is 17.5. The third-order valence-corrected chi connectivity index (χ3v) is 4.82. The van der Waals surface area contributed by atoms with Crippen molar-refractivity contribution in [1.29, 1.82) is 0 Å². The van der Waals surface area contributed by atoms with Gasteiger partial charge in [0.1, 0.15) is 17.3 Å². The minimum Gasteiger partial charge on any atom is -0.383 e. The highest BCUT2D eigenvalue weighted by Gasteiger charge is 2.19. The summed E-state index contributed by atoms with van der Waals surface area (Å²) in [5.41, 5.74) is 6.35. The highest BCUT2D eigenvalue weighted by Crippen LogP contribution is 2.23. The summed E-state index contributed by atoms with van der Waals surface area (Å²) in [6.45, 7) is 7.39. The number of aromatic nitrogens is 2. The predicted octanol–water partition coefficient (Wildman–Crippen LogP) is 3.48. The molecule has 148 valence electrons. The van der Waals surface area contributed by atoms with Crippen molar-refractivity contribution in [3.05, 3.63) is 54.9 Å². The second-order valence-corrected chi connectivity index (χ2v) is 7.88. The van der Waals surface area contributed by atoms with E-state index in [0.717, 1.165) is 18.4 Å². The molecule has 2 rings (SSSR count). The van der Waals surface area contributed by atoms with Gasteiger partial charge in [0, 0.05) is 19.6 Å². The molecule has 0 fully saturated rings. The van der Waals surface area contributed by atoms with E-state index in [4.69, 9.17) is 5.73 Å². The molecule has 3 N–H and O–H groups in total. The molecule has 8 heteroatoms. The lowest BCUT2D eigenvalue weighted by Crippen LogP contribution is -2.39. The van der Waals surface area contributed by atoms with Gasteiger partial charge in [-0.1, -0.05) is 33.3 Å². The van der Waals surface area contributed by atoms with Crippen molar-refractivity contribution in [3.63, 3.8) is 0 Å². The van der Waals surface area contributed by atoms with Gasteiger partial charge in [0.25, 0.3) is 5.56 Å². The van der Waals surface area contributed by atoms with Gasteiger partial charge in [-0.3, -0.25) is 14.3 Å². The number of unbranched alkanes of at least 4 members (excludes halogenated alkanes) is 1. The van der Waals surface area contributed by atoms with Crippen molar-refractivity contribution >= 4 is 27.4 Å². The Bertz CT molecular complexity index is 908. The maximum atomic E-state index is 13.5. The minimum atomic E-state index is -0.505. The molecule has 0 amide bonds. The molecule has 6 nitrogen and oxygen atoms in total. The van der Waals surface area contributed by atoms with Gasteiger partial charge in [-0.2, -0.15) is 0 Å². The van der Waals surface area contributed by atoms with E-state index in [-0.39, 0.29) is 23.2 Å². The first kappa shape index (κ1) is 21.2. The lowest BCUT2D eigenvalue weighted by atomic mass is 10.2. The lowest BCUT2D eigenvalue weighted by Gasteiger charge is -2.26. The standard InChI is InChI=1S/C19H26BrFN4O2/c1-4-5-8-24(11-13-6-7-15(21)14(20)9-13)16-17(22)25(10-12(2)3)19(27)23-18(16)26/h6-7,9,12H,4-5,8,10-11,22H2,1-3H3,(H,23,26,27). The molecular weight excluding hydrogens is 415 g/mol. The zero-order valence-electron chi connectivity index (χ0n) is 15.9. The maximum Gasteiger partial charge on any atom is 0.330 e. The molecule has 0 aliphatic heterocycles. The Morgan fingerprint density at radius 3 is 2.63 bits per heavy atom. The molecular formula is C19H26BrFN4O2. The Kier molecular flexibility index (Phi) is 7.24. The van der Waals surface area contributed by atoms with Crippen LogP contribution in [0.5, 0.6) is 0 Å². The smallest absolute Gasteiger partial charge is 0.330 e. The fraction of sp³-hybridized carbons (Fsp3) is 0.474. The van der Waals surface area contributed by atoms with E-state index >= 15 is 0 Å². The van der Waals surface area contributed by atoms with Crippen molar-refractivity contribution < 1.29 is 4.39 Å². The van der Waals surface area contributed by atoms with Crippen LogP contribution in [0.1, 0.15) is 39.2 Å². The summed E-state index contributed by atoms with van der Waals surface area (Å²) in [7, 11) is 0. The van der Waals surface area contributed by atoms with Crippen LogP contribution in [0.3, 0.4) is 0 Å². The van der Waals surface area contributed by atoms with Crippen LogP contribution in [0.25, 0.3) is 0 Å². The molecule has 27 heavy (non-hydrogen) atoms. The largest absolute Gasteiger partial charge is 0.383 e. The Balaban J connectivity index is 2.50. The summed E-state index contributed by atoms with van der Waals surface area (Å²) in [6.07, 6.45) is 1.79. The van der Waals surface area contributed by atoms with E-state index in [2.05, 4.69) is 27.8 Å². The molecule has 0 saturated carbocycles. The monoisotopic (exact) mass is 440 g/mol. The number of hydrogen-bond donors (Lipinski definition) is 2. The first-order valence-corrected chi connectivity index (χ1v) is 9.85. The summed E-state index contributed by atoms with van der Waals surface area (Å²) < 4.78 is 15.3. The lowest BCUT2D eigenvalue weighted by molar-refractivity contribution is 0.506. The summed E-state index contributed by atoms with van der Waals surface area (Å²) in [4.78, 5) is 29.0. The number of rotatable bonds is 8. The van der Waals surface area contributed by atoms with E-state index in [0.29, 0.717) is 24.1 Å². The molecule has 1 aromatic carbocycles. The van der Waals surface area contributed by atoms with Gasteiger partial charge < -0.3 is 10.6 Å². The summed E-state index contributed by atoms with van der Waals surface area (Å²) in [5.74, 6) is 0.0114. The van der Waals surface area contributed by atoms with Gasteiger partial charge in [0.05, 0.1) is 4.47 Å². The molecule has 0 saturated heterocycles. The number of H-pyrrole nitrogens is 1. The average Bonchev–Trinajstić information content (AvgIpc) is 2.59. The molecule has 0 unspecified atom stereocenters.